The van der Waals surface area contributed by atoms with Gasteiger partial charge < -0.3 is 19.6 Å². The average Bonchev–Trinajstić information content (AvgIpc) is 3.24. The summed E-state index contributed by atoms with van der Waals surface area (Å²) in [6.45, 7) is 0. The van der Waals surface area contributed by atoms with E-state index in [1.165, 1.54) is 85.2 Å². The Balaban J connectivity index is 0.784. The summed E-state index contributed by atoms with van der Waals surface area (Å²) < 4.78 is 0. The maximum atomic E-state index is 2.58. The molecule has 6 heteroatoms. The molecule has 416 valence electrons. The molecule has 0 amide bonds. The van der Waals surface area contributed by atoms with E-state index in [-0.39, 0.29) is 0 Å². The predicted molar refractivity (Wildman–Crippen MR) is 369 cm³/mol. The number of rotatable bonds is 17. The number of hydrogen-bond acceptors (Lipinski definition) is 6. The second-order valence-corrected chi connectivity index (χ2v) is 24.1. The highest BCUT2D eigenvalue weighted by atomic mass is 32.1. The molecule has 0 radical (unpaired) electrons. The summed E-state index contributed by atoms with van der Waals surface area (Å²) in [5.41, 5.74) is 19.5. The van der Waals surface area contributed by atoms with Gasteiger partial charge in [0.25, 0.3) is 0 Å². The van der Waals surface area contributed by atoms with Crippen molar-refractivity contribution in [2.24, 2.45) is 0 Å². The van der Waals surface area contributed by atoms with Gasteiger partial charge in [0, 0.05) is 88.1 Å². The van der Waals surface area contributed by atoms with E-state index in [9.17, 15) is 0 Å². The van der Waals surface area contributed by atoms with Crippen molar-refractivity contribution < 1.29 is 0 Å². The van der Waals surface area contributed by atoms with E-state index in [0.717, 1.165) is 62.3 Å². The summed E-state index contributed by atoms with van der Waals surface area (Å²) in [5.74, 6) is 0. The van der Waals surface area contributed by atoms with Gasteiger partial charge in [-0.1, -0.05) is 183 Å². The molecule has 1 fully saturated rings. The normalized spacial score (nSPS) is 12.4. The minimum absolute atomic E-state index is 0.470. The van der Waals surface area contributed by atoms with Crippen LogP contribution in [0.5, 0.6) is 0 Å². The first-order valence-corrected chi connectivity index (χ1v) is 31.5. The van der Waals surface area contributed by atoms with E-state index in [1.807, 2.05) is 22.7 Å². The molecule has 0 bridgehead atoms. The smallest absolute Gasteiger partial charge is 0.0463 e. The van der Waals surface area contributed by atoms with Crippen LogP contribution in [-0.2, 0) is 0 Å². The quantitative estimate of drug-likeness (QED) is 0.0901. The fourth-order valence-electron chi connectivity index (χ4n) is 12.2. The summed E-state index contributed by atoms with van der Waals surface area (Å²) in [6, 6.07) is 117. The Bertz CT molecular complexity index is 4100. The zero-order valence-corrected chi connectivity index (χ0v) is 49.5. The molecule has 0 spiro atoms. The second-order valence-electron chi connectivity index (χ2n) is 22.0. The largest absolute Gasteiger partial charge is 0.338 e. The molecule has 4 nitrogen and oxygen atoms in total. The standard InChI is InChI=1S/C80H64N4S2/c1-7-19-61(20-8-1)77-55-57-79(85-77)63-35-43-71(44-36-63)83(72-45-37-64(38-46-72)80-58-56-78(86-80)62-21-9-2-10-22-62)69-39-31-59(32-40-69)60-33-41-70(42-34-60)84(75-51-47-73(48-52-75)81(65-23-11-3-12-24-65)66-25-13-4-14-26-66)76-53-49-74(50-54-76)82(67-27-15-5-16-28-67)68-29-17-6-18-30-68/h1-5,7-16,19-28,31-58,68H,6,17-18,29-30H2. The molecular formula is C80H64N4S2. The summed E-state index contributed by atoms with van der Waals surface area (Å²) in [7, 11) is 0. The number of para-hydroxylation sites is 3. The van der Waals surface area contributed by atoms with Gasteiger partial charge in [-0.25, -0.2) is 0 Å². The topological polar surface area (TPSA) is 13.0 Å². The Hall–Kier alpha value is -9.98. The first-order chi connectivity index (χ1) is 42.6. The fraction of sp³-hybridized carbons (Fsp3) is 0.0750. The van der Waals surface area contributed by atoms with E-state index >= 15 is 0 Å². The van der Waals surface area contributed by atoms with Crippen molar-refractivity contribution in [3.63, 3.8) is 0 Å². The third-order valence-electron chi connectivity index (χ3n) is 16.5. The molecule has 0 atom stereocenters. The van der Waals surface area contributed by atoms with E-state index in [0.29, 0.717) is 6.04 Å². The Kier molecular flexibility index (Phi) is 15.7. The van der Waals surface area contributed by atoms with E-state index < -0.39 is 0 Å². The molecule has 1 saturated carbocycles. The van der Waals surface area contributed by atoms with Gasteiger partial charge in [-0.2, -0.15) is 0 Å². The first-order valence-electron chi connectivity index (χ1n) is 29.9. The van der Waals surface area contributed by atoms with Crippen molar-refractivity contribution in [2.75, 3.05) is 19.6 Å². The lowest BCUT2D eigenvalue weighted by atomic mass is 9.93. The first kappa shape index (κ1) is 54.0. The Labute approximate surface area is 514 Å². The van der Waals surface area contributed by atoms with Crippen LogP contribution in [0, 0.1) is 0 Å². The van der Waals surface area contributed by atoms with Gasteiger partial charge in [-0.05, 0) is 204 Å². The molecule has 1 aliphatic rings. The average molecular weight is 1150 g/mol. The third-order valence-corrected chi connectivity index (χ3v) is 18.9. The molecule has 0 N–H and O–H groups in total. The highest BCUT2D eigenvalue weighted by Crippen LogP contribution is 2.44. The van der Waals surface area contributed by atoms with Crippen molar-refractivity contribution in [1.82, 2.24) is 0 Å². The van der Waals surface area contributed by atoms with Gasteiger partial charge >= 0.3 is 0 Å². The minimum atomic E-state index is 0.470. The molecule has 0 unspecified atom stereocenters. The SMILES string of the molecule is c1ccc(-c2ccc(-c3ccc(N(c4ccc(-c5ccc(N(c6ccc(N(c7ccccc7)c7ccccc7)cc6)c6ccc(N(c7ccccc7)C7CCCCC7)cc6)cc5)cc4)c4ccc(-c5ccc(-c6ccccc6)s5)cc4)cc3)s2)cc1. The van der Waals surface area contributed by atoms with Crippen molar-refractivity contribution in [2.45, 2.75) is 38.1 Å². The van der Waals surface area contributed by atoms with Crippen LogP contribution in [0.1, 0.15) is 32.1 Å². The molecule has 0 saturated heterocycles. The van der Waals surface area contributed by atoms with Crippen molar-refractivity contribution >= 4 is 85.2 Å². The Morgan fingerprint density at radius 3 is 0.733 bits per heavy atom. The zero-order valence-electron chi connectivity index (χ0n) is 47.8. The maximum absolute atomic E-state index is 2.58. The summed E-state index contributed by atoms with van der Waals surface area (Å²) in [6.07, 6.45) is 6.25. The zero-order chi connectivity index (χ0) is 57.4. The van der Waals surface area contributed by atoms with Gasteiger partial charge in [-0.15, -0.1) is 22.7 Å². The molecule has 11 aromatic carbocycles. The monoisotopic (exact) mass is 1140 g/mol. The Morgan fingerprint density at radius 2 is 0.419 bits per heavy atom. The molecule has 14 rings (SSSR count). The highest BCUT2D eigenvalue weighted by Gasteiger charge is 2.24. The summed E-state index contributed by atoms with van der Waals surface area (Å²) in [5, 5.41) is 0. The summed E-state index contributed by atoms with van der Waals surface area (Å²) >= 11 is 3.66. The second kappa shape index (κ2) is 25.1. The van der Waals surface area contributed by atoms with Crippen LogP contribution < -0.4 is 19.6 Å². The van der Waals surface area contributed by atoms with Crippen LogP contribution in [-0.4, -0.2) is 6.04 Å². The summed E-state index contributed by atoms with van der Waals surface area (Å²) in [4.78, 5) is 14.7. The molecule has 86 heavy (non-hydrogen) atoms. The number of benzene rings is 11. The van der Waals surface area contributed by atoms with Crippen LogP contribution in [0.3, 0.4) is 0 Å². The van der Waals surface area contributed by atoms with Crippen molar-refractivity contribution in [3.05, 3.63) is 322 Å². The van der Waals surface area contributed by atoms with Gasteiger partial charge in [0.2, 0.25) is 0 Å². The number of nitrogens with zero attached hydrogens (tertiary/aromatic N) is 4. The molecule has 2 heterocycles. The molecule has 0 aliphatic heterocycles. The minimum Gasteiger partial charge on any atom is -0.338 e. The van der Waals surface area contributed by atoms with Crippen molar-refractivity contribution in [3.8, 4) is 52.9 Å². The predicted octanol–water partition coefficient (Wildman–Crippen LogP) is 24.0. The number of thiophene rings is 2. The van der Waals surface area contributed by atoms with E-state index in [1.54, 1.807) is 0 Å². The maximum Gasteiger partial charge on any atom is 0.0463 e. The number of hydrogen-bond donors (Lipinski definition) is 0. The van der Waals surface area contributed by atoms with Crippen LogP contribution in [0.2, 0.25) is 0 Å². The highest BCUT2D eigenvalue weighted by molar-refractivity contribution is 7.19. The van der Waals surface area contributed by atoms with Gasteiger partial charge in [-0.3, -0.25) is 0 Å². The lowest BCUT2D eigenvalue weighted by Gasteiger charge is -2.36. The van der Waals surface area contributed by atoms with Crippen LogP contribution in [0.25, 0.3) is 52.9 Å². The van der Waals surface area contributed by atoms with E-state index in [4.69, 9.17) is 0 Å². The van der Waals surface area contributed by atoms with Gasteiger partial charge in [0.05, 0.1) is 0 Å². The van der Waals surface area contributed by atoms with Crippen molar-refractivity contribution in [1.29, 1.82) is 0 Å². The Morgan fingerprint density at radius 1 is 0.198 bits per heavy atom. The third kappa shape index (κ3) is 11.7. The van der Waals surface area contributed by atoms with Crippen LogP contribution in [0.4, 0.5) is 62.6 Å². The van der Waals surface area contributed by atoms with Crippen LogP contribution >= 0.6 is 22.7 Å². The fourth-order valence-corrected chi connectivity index (χ4v) is 14.2. The van der Waals surface area contributed by atoms with Gasteiger partial charge in [0.15, 0.2) is 0 Å². The van der Waals surface area contributed by atoms with Crippen LogP contribution in [0.15, 0.2) is 322 Å². The van der Waals surface area contributed by atoms with E-state index in [2.05, 4.69) is 341 Å². The molecule has 1 aliphatic carbocycles. The lowest BCUT2D eigenvalue weighted by Crippen LogP contribution is -2.32. The lowest BCUT2D eigenvalue weighted by molar-refractivity contribution is 0.436. The molecule has 13 aromatic rings. The van der Waals surface area contributed by atoms with Gasteiger partial charge in [0.1, 0.15) is 0 Å². The molecule has 2 aromatic heterocycles. The molecular weight excluding hydrogens is 1080 g/mol. The number of anilines is 11.